The summed E-state index contributed by atoms with van der Waals surface area (Å²) in [5.74, 6) is 0. The van der Waals surface area contributed by atoms with E-state index in [1.165, 1.54) is 0 Å². The van der Waals surface area contributed by atoms with Crippen LogP contribution in [0.25, 0.3) is 0 Å². The van der Waals surface area contributed by atoms with Gasteiger partial charge in [0.25, 0.3) is 0 Å². The van der Waals surface area contributed by atoms with E-state index in [9.17, 15) is 4.79 Å². The molecule has 5 nitrogen and oxygen atoms in total. The van der Waals surface area contributed by atoms with E-state index in [1.807, 2.05) is 26.8 Å². The van der Waals surface area contributed by atoms with Crippen molar-refractivity contribution in [2.45, 2.75) is 32.4 Å². The van der Waals surface area contributed by atoms with Gasteiger partial charge in [-0.05, 0) is 20.8 Å². The predicted octanol–water partition coefficient (Wildman–Crippen LogP) is 1.28. The summed E-state index contributed by atoms with van der Waals surface area (Å²) in [5.41, 5.74) is -0.0535. The number of nitrogens with one attached hydrogen (secondary N) is 1. The van der Waals surface area contributed by atoms with Crippen LogP contribution < -0.4 is 5.32 Å². The van der Waals surface area contributed by atoms with E-state index < -0.39 is 5.60 Å². The second kappa shape index (κ2) is 5.19. The fourth-order valence-electron chi connectivity index (χ4n) is 1.55. The van der Waals surface area contributed by atoms with E-state index >= 15 is 0 Å². The second-order valence-electron chi connectivity index (χ2n) is 5.07. The van der Waals surface area contributed by atoms with Crippen LogP contribution in [0.4, 0.5) is 4.79 Å². The summed E-state index contributed by atoms with van der Waals surface area (Å²) in [4.78, 5) is 13.4. The Morgan fingerprint density at radius 1 is 1.59 bits per heavy atom. The minimum absolute atomic E-state index is 0.165. The Labute approximate surface area is 102 Å². The maximum atomic E-state index is 11.8. The van der Waals surface area contributed by atoms with Gasteiger partial charge in [-0.2, -0.15) is 5.26 Å². The van der Waals surface area contributed by atoms with Crippen LogP contribution in [0.5, 0.6) is 0 Å². The molecule has 1 atom stereocenters. The van der Waals surface area contributed by atoms with Gasteiger partial charge < -0.3 is 15.0 Å². The van der Waals surface area contributed by atoms with Crippen molar-refractivity contribution in [2.24, 2.45) is 0 Å². The number of piperazine rings is 1. The second-order valence-corrected chi connectivity index (χ2v) is 5.07. The first-order valence-electron chi connectivity index (χ1n) is 5.63. The molecule has 0 radical (unpaired) electrons. The van der Waals surface area contributed by atoms with Gasteiger partial charge in [0.05, 0.1) is 12.1 Å². The van der Waals surface area contributed by atoms with Gasteiger partial charge in [-0.3, -0.25) is 0 Å². The average Bonchev–Trinajstić information content (AvgIpc) is 2.26. The lowest BCUT2D eigenvalue weighted by atomic mass is 10.1. The molecule has 1 amide bonds. The maximum Gasteiger partial charge on any atom is 0.410 e. The Balaban J connectivity index is 2.58. The topological polar surface area (TPSA) is 65.4 Å². The van der Waals surface area contributed by atoms with E-state index in [2.05, 4.69) is 11.9 Å². The molecule has 1 aliphatic rings. The zero-order chi connectivity index (χ0) is 13.1. The molecule has 1 N–H and O–H groups in total. The average molecular weight is 237 g/mol. The van der Waals surface area contributed by atoms with Crippen LogP contribution in [0.3, 0.4) is 0 Å². The van der Waals surface area contributed by atoms with Crippen molar-refractivity contribution in [1.82, 2.24) is 10.2 Å². The Hall–Kier alpha value is -1.54. The molecule has 1 aliphatic heterocycles. The first-order valence-corrected chi connectivity index (χ1v) is 5.63. The highest BCUT2D eigenvalue weighted by atomic mass is 16.6. The van der Waals surface area contributed by atoms with Gasteiger partial charge in [0, 0.05) is 25.2 Å². The Morgan fingerprint density at radius 3 is 2.76 bits per heavy atom. The first-order chi connectivity index (χ1) is 7.83. The van der Waals surface area contributed by atoms with E-state index in [0.29, 0.717) is 25.2 Å². The summed E-state index contributed by atoms with van der Waals surface area (Å²) in [6.07, 6.45) is -0.338. The minimum Gasteiger partial charge on any atom is -0.444 e. The van der Waals surface area contributed by atoms with Crippen molar-refractivity contribution >= 4 is 6.09 Å². The normalized spacial score (nSPS) is 20.6. The van der Waals surface area contributed by atoms with E-state index in [4.69, 9.17) is 10.00 Å². The summed E-state index contributed by atoms with van der Waals surface area (Å²) in [5, 5.41) is 11.9. The number of carbonyl (C=O) groups is 1. The van der Waals surface area contributed by atoms with Crippen molar-refractivity contribution < 1.29 is 9.53 Å². The smallest absolute Gasteiger partial charge is 0.410 e. The van der Waals surface area contributed by atoms with Gasteiger partial charge in [-0.15, -0.1) is 0 Å². The number of hydrogen-bond acceptors (Lipinski definition) is 4. The minimum atomic E-state index is -0.496. The third-order valence-electron chi connectivity index (χ3n) is 2.39. The Kier molecular flexibility index (Phi) is 4.13. The van der Waals surface area contributed by atoms with Gasteiger partial charge in [-0.25, -0.2) is 4.79 Å². The van der Waals surface area contributed by atoms with Crippen LogP contribution in [0.1, 0.15) is 20.8 Å². The Bertz CT molecular complexity index is 352. The lowest BCUT2D eigenvalue weighted by Gasteiger charge is -2.34. The largest absolute Gasteiger partial charge is 0.444 e. The van der Waals surface area contributed by atoms with Crippen molar-refractivity contribution in [3.8, 4) is 6.07 Å². The van der Waals surface area contributed by atoms with Crippen molar-refractivity contribution in [2.75, 3.05) is 19.6 Å². The molecular formula is C12H19N3O2. The molecule has 94 valence electrons. The van der Waals surface area contributed by atoms with Crippen molar-refractivity contribution in [3.63, 3.8) is 0 Å². The highest BCUT2D eigenvalue weighted by Gasteiger charge is 2.28. The molecule has 0 aromatic rings. The summed E-state index contributed by atoms with van der Waals surface area (Å²) in [7, 11) is 0. The molecule has 0 bridgehead atoms. The third-order valence-corrected chi connectivity index (χ3v) is 2.39. The molecule has 1 fully saturated rings. The van der Waals surface area contributed by atoms with Crippen molar-refractivity contribution in [1.29, 1.82) is 5.26 Å². The molecule has 17 heavy (non-hydrogen) atoms. The van der Waals surface area contributed by atoms with Crippen LogP contribution in [-0.2, 0) is 4.74 Å². The number of ether oxygens (including phenoxy) is 1. The summed E-state index contributed by atoms with van der Waals surface area (Å²) >= 11 is 0. The standard InChI is InChI=1S/C12H19N3O2/c1-9(7-13)10-8-15(6-5-14-10)11(16)17-12(2,3)4/h10,14H,1,5-6,8H2,2-4H3/t10-/m1/s1. The van der Waals surface area contributed by atoms with Crippen LogP contribution in [0, 0.1) is 11.3 Å². The third kappa shape index (κ3) is 4.08. The fraction of sp³-hybridized carbons (Fsp3) is 0.667. The maximum absolute atomic E-state index is 11.8. The van der Waals surface area contributed by atoms with Gasteiger partial charge in [0.1, 0.15) is 5.60 Å². The first kappa shape index (κ1) is 13.5. The van der Waals surface area contributed by atoms with E-state index in [0.717, 1.165) is 0 Å². The molecule has 0 aromatic carbocycles. The zero-order valence-corrected chi connectivity index (χ0v) is 10.6. The molecule has 1 heterocycles. The quantitative estimate of drug-likeness (QED) is 0.698. The van der Waals surface area contributed by atoms with Gasteiger partial charge in [0.2, 0.25) is 0 Å². The van der Waals surface area contributed by atoms with E-state index in [1.54, 1.807) is 4.90 Å². The van der Waals surface area contributed by atoms with Crippen LogP contribution in [0.2, 0.25) is 0 Å². The molecule has 0 saturated carbocycles. The van der Waals surface area contributed by atoms with Gasteiger partial charge in [0.15, 0.2) is 0 Å². The molecule has 5 heteroatoms. The van der Waals surface area contributed by atoms with E-state index in [-0.39, 0.29) is 12.1 Å². The number of nitriles is 1. The summed E-state index contributed by atoms with van der Waals surface area (Å²) in [6.45, 7) is 10.8. The fourth-order valence-corrected chi connectivity index (χ4v) is 1.55. The van der Waals surface area contributed by atoms with Crippen LogP contribution in [-0.4, -0.2) is 42.3 Å². The van der Waals surface area contributed by atoms with Crippen LogP contribution >= 0.6 is 0 Å². The number of hydrogen-bond donors (Lipinski definition) is 1. The number of carbonyl (C=O) groups excluding carboxylic acids is 1. The van der Waals surface area contributed by atoms with Crippen molar-refractivity contribution in [3.05, 3.63) is 12.2 Å². The SMILES string of the molecule is C=C(C#N)[C@H]1CN(C(=O)OC(C)(C)C)CCN1. The molecule has 1 saturated heterocycles. The lowest BCUT2D eigenvalue weighted by Crippen LogP contribution is -2.54. The monoisotopic (exact) mass is 237 g/mol. The molecule has 0 unspecified atom stereocenters. The molecule has 0 aromatic heterocycles. The molecule has 1 rings (SSSR count). The van der Waals surface area contributed by atoms with Crippen LogP contribution in [0.15, 0.2) is 12.2 Å². The molecular weight excluding hydrogens is 218 g/mol. The highest BCUT2D eigenvalue weighted by Crippen LogP contribution is 2.13. The Morgan fingerprint density at radius 2 is 2.24 bits per heavy atom. The number of nitrogens with zero attached hydrogens (tertiary/aromatic N) is 2. The summed E-state index contributed by atoms with van der Waals surface area (Å²) < 4.78 is 5.29. The molecule has 0 aliphatic carbocycles. The molecule has 0 spiro atoms. The number of amides is 1. The zero-order valence-electron chi connectivity index (χ0n) is 10.6. The van der Waals surface area contributed by atoms with Gasteiger partial charge in [-0.1, -0.05) is 6.58 Å². The highest BCUT2D eigenvalue weighted by molar-refractivity contribution is 5.68. The summed E-state index contributed by atoms with van der Waals surface area (Å²) in [6, 6.07) is 1.84. The number of rotatable bonds is 1. The predicted molar refractivity (Wildman–Crippen MR) is 64.4 cm³/mol. The lowest BCUT2D eigenvalue weighted by molar-refractivity contribution is 0.0208. The van der Waals surface area contributed by atoms with Gasteiger partial charge >= 0.3 is 6.09 Å².